The van der Waals surface area contributed by atoms with Crippen molar-refractivity contribution in [1.82, 2.24) is 15.3 Å². The molecule has 4 N–H and O–H groups in total. The number of nitrogens with two attached hydrogens (primary N) is 1. The summed E-state index contributed by atoms with van der Waals surface area (Å²) < 4.78 is 5.25. The molecule has 1 fully saturated rings. The second-order valence-corrected chi connectivity index (χ2v) is 5.01. The van der Waals surface area contributed by atoms with Crippen LogP contribution >= 0.6 is 0 Å². The molecule has 0 aliphatic carbocycles. The number of rotatable bonds is 4. The summed E-state index contributed by atoms with van der Waals surface area (Å²) in [6.07, 6.45) is 4.01. The van der Waals surface area contributed by atoms with E-state index in [-0.39, 0.29) is 18.3 Å². The zero-order valence-electron chi connectivity index (χ0n) is 11.9. The van der Waals surface area contributed by atoms with Crippen molar-refractivity contribution >= 4 is 11.7 Å². The van der Waals surface area contributed by atoms with Gasteiger partial charge in [-0.05, 0) is 19.8 Å². The number of aryl methyl sites for hydroxylation is 1. The molecule has 1 aromatic rings. The van der Waals surface area contributed by atoms with Crippen molar-refractivity contribution in [3.63, 3.8) is 0 Å². The number of carbonyl (C=O) groups excluding carboxylic acids is 1. The number of oxime groups is 1. The summed E-state index contributed by atoms with van der Waals surface area (Å²) in [4.78, 5) is 20.8. The fourth-order valence-corrected chi connectivity index (χ4v) is 2.27. The monoisotopic (exact) mass is 293 g/mol. The molecule has 1 aliphatic rings. The smallest absolute Gasteiger partial charge is 0.234 e. The summed E-state index contributed by atoms with van der Waals surface area (Å²) >= 11 is 0. The Balaban J connectivity index is 2.07. The van der Waals surface area contributed by atoms with Crippen LogP contribution in [0, 0.1) is 12.3 Å². The topological polar surface area (TPSA) is 123 Å². The lowest BCUT2D eigenvalue weighted by molar-refractivity contribution is -0.131. The second kappa shape index (κ2) is 6.49. The highest BCUT2D eigenvalue weighted by atomic mass is 16.5. The van der Waals surface area contributed by atoms with Crippen LogP contribution in [-0.2, 0) is 16.1 Å². The molecule has 0 radical (unpaired) electrons. The Labute approximate surface area is 122 Å². The van der Waals surface area contributed by atoms with E-state index in [1.165, 1.54) is 0 Å². The molecule has 0 spiro atoms. The summed E-state index contributed by atoms with van der Waals surface area (Å²) in [6.45, 7) is 2.88. The van der Waals surface area contributed by atoms with E-state index in [1.807, 2.05) is 6.92 Å². The molecular formula is C13H19N5O3. The van der Waals surface area contributed by atoms with Crippen molar-refractivity contribution < 1.29 is 14.7 Å². The molecule has 2 rings (SSSR count). The van der Waals surface area contributed by atoms with Crippen LogP contribution in [0.5, 0.6) is 0 Å². The van der Waals surface area contributed by atoms with Crippen LogP contribution in [0.3, 0.4) is 0 Å². The first-order valence-electron chi connectivity index (χ1n) is 6.70. The zero-order chi connectivity index (χ0) is 15.3. The number of nitrogens with zero attached hydrogens (tertiary/aromatic N) is 3. The number of aromatic nitrogens is 2. The standard InChI is InChI=1S/C13H19N5O3/c1-9-6-16-10(7-15-9)8-17-12(19)13(11(14)18-20)2-4-21-5-3-13/h6-7,20H,2-5,8H2,1H3,(H2,14,18)(H,17,19). The Morgan fingerprint density at radius 3 is 2.76 bits per heavy atom. The molecule has 1 amide bonds. The quantitative estimate of drug-likeness (QED) is 0.309. The number of ether oxygens (including phenoxy) is 1. The Morgan fingerprint density at radius 2 is 2.19 bits per heavy atom. The number of nitrogens with one attached hydrogen (secondary N) is 1. The van der Waals surface area contributed by atoms with Crippen LogP contribution < -0.4 is 11.1 Å². The first-order chi connectivity index (χ1) is 10.1. The van der Waals surface area contributed by atoms with Gasteiger partial charge in [-0.25, -0.2) is 0 Å². The van der Waals surface area contributed by atoms with Crippen LogP contribution in [0.2, 0.25) is 0 Å². The van der Waals surface area contributed by atoms with E-state index in [9.17, 15) is 4.79 Å². The van der Waals surface area contributed by atoms with Crippen molar-refractivity contribution in [2.24, 2.45) is 16.3 Å². The molecule has 2 heterocycles. The van der Waals surface area contributed by atoms with E-state index in [0.29, 0.717) is 31.7 Å². The molecule has 8 nitrogen and oxygen atoms in total. The van der Waals surface area contributed by atoms with Gasteiger partial charge in [0.2, 0.25) is 5.91 Å². The molecule has 0 bridgehead atoms. The highest BCUT2D eigenvalue weighted by Crippen LogP contribution is 2.31. The van der Waals surface area contributed by atoms with E-state index in [4.69, 9.17) is 15.7 Å². The normalized spacial score (nSPS) is 18.2. The molecule has 114 valence electrons. The number of hydrogen-bond acceptors (Lipinski definition) is 6. The zero-order valence-corrected chi connectivity index (χ0v) is 11.9. The van der Waals surface area contributed by atoms with E-state index in [2.05, 4.69) is 20.4 Å². The van der Waals surface area contributed by atoms with Crippen LogP contribution in [-0.4, -0.2) is 40.1 Å². The minimum Gasteiger partial charge on any atom is -0.409 e. The van der Waals surface area contributed by atoms with Gasteiger partial charge >= 0.3 is 0 Å². The van der Waals surface area contributed by atoms with Crippen LogP contribution in [0.1, 0.15) is 24.2 Å². The van der Waals surface area contributed by atoms with Gasteiger partial charge in [-0.15, -0.1) is 0 Å². The third-order valence-corrected chi connectivity index (χ3v) is 3.64. The van der Waals surface area contributed by atoms with E-state index in [1.54, 1.807) is 12.4 Å². The fraction of sp³-hybridized carbons (Fsp3) is 0.538. The average molecular weight is 293 g/mol. The number of amidine groups is 1. The second-order valence-electron chi connectivity index (χ2n) is 5.01. The maximum Gasteiger partial charge on any atom is 0.234 e. The minimum atomic E-state index is -1.02. The van der Waals surface area contributed by atoms with E-state index in [0.717, 1.165) is 5.69 Å². The maximum atomic E-state index is 12.5. The maximum absolute atomic E-state index is 12.5. The van der Waals surface area contributed by atoms with Gasteiger partial charge in [-0.3, -0.25) is 14.8 Å². The first kappa shape index (κ1) is 15.2. The van der Waals surface area contributed by atoms with Crippen molar-refractivity contribution in [2.75, 3.05) is 13.2 Å². The minimum absolute atomic E-state index is 0.0849. The summed E-state index contributed by atoms with van der Waals surface area (Å²) in [5, 5.41) is 14.7. The SMILES string of the molecule is Cc1cnc(CNC(=O)C2(C(N)=NO)CCOCC2)cn1. The lowest BCUT2D eigenvalue weighted by atomic mass is 9.78. The average Bonchev–Trinajstić information content (AvgIpc) is 2.53. The molecule has 1 aromatic heterocycles. The van der Waals surface area contributed by atoms with Gasteiger partial charge in [0.05, 0.1) is 24.1 Å². The summed E-state index contributed by atoms with van der Waals surface area (Å²) in [5.41, 5.74) is 6.16. The predicted molar refractivity (Wildman–Crippen MR) is 74.5 cm³/mol. The van der Waals surface area contributed by atoms with Gasteiger partial charge in [0.1, 0.15) is 5.41 Å². The van der Waals surface area contributed by atoms with E-state index < -0.39 is 5.41 Å². The van der Waals surface area contributed by atoms with Gasteiger partial charge in [0, 0.05) is 19.4 Å². The number of hydrogen-bond donors (Lipinski definition) is 3. The van der Waals surface area contributed by atoms with E-state index >= 15 is 0 Å². The molecule has 1 aliphatic heterocycles. The van der Waals surface area contributed by atoms with Crippen molar-refractivity contribution in [1.29, 1.82) is 0 Å². The molecule has 0 atom stereocenters. The Bertz CT molecular complexity index is 523. The molecule has 0 aromatic carbocycles. The van der Waals surface area contributed by atoms with Crippen molar-refractivity contribution in [3.8, 4) is 0 Å². The molecular weight excluding hydrogens is 274 g/mol. The Morgan fingerprint density at radius 1 is 1.48 bits per heavy atom. The number of amides is 1. The highest BCUT2D eigenvalue weighted by Gasteiger charge is 2.44. The fourth-order valence-electron chi connectivity index (χ4n) is 2.27. The lowest BCUT2D eigenvalue weighted by Crippen LogP contribution is -2.52. The van der Waals surface area contributed by atoms with Gasteiger partial charge < -0.3 is 21.0 Å². The summed E-state index contributed by atoms with van der Waals surface area (Å²) in [5.74, 6) is -0.373. The third kappa shape index (κ3) is 3.27. The molecule has 0 unspecified atom stereocenters. The first-order valence-corrected chi connectivity index (χ1v) is 6.70. The lowest BCUT2D eigenvalue weighted by Gasteiger charge is -2.34. The van der Waals surface area contributed by atoms with Crippen LogP contribution in [0.25, 0.3) is 0 Å². The van der Waals surface area contributed by atoms with Crippen LogP contribution in [0.15, 0.2) is 17.5 Å². The van der Waals surface area contributed by atoms with Gasteiger partial charge in [-0.2, -0.15) is 0 Å². The molecule has 21 heavy (non-hydrogen) atoms. The Hall–Kier alpha value is -2.22. The summed E-state index contributed by atoms with van der Waals surface area (Å²) in [7, 11) is 0. The van der Waals surface area contributed by atoms with Gasteiger partial charge in [0.15, 0.2) is 5.84 Å². The summed E-state index contributed by atoms with van der Waals surface area (Å²) in [6, 6.07) is 0. The molecule has 1 saturated heterocycles. The largest absolute Gasteiger partial charge is 0.409 e. The number of carbonyl (C=O) groups is 1. The van der Waals surface area contributed by atoms with Crippen molar-refractivity contribution in [2.45, 2.75) is 26.3 Å². The van der Waals surface area contributed by atoms with Crippen molar-refractivity contribution in [3.05, 3.63) is 23.8 Å². The van der Waals surface area contributed by atoms with Gasteiger partial charge in [0.25, 0.3) is 0 Å². The Kier molecular flexibility index (Phi) is 4.69. The third-order valence-electron chi connectivity index (χ3n) is 3.64. The predicted octanol–water partition coefficient (Wildman–Crippen LogP) is -0.0556. The highest BCUT2D eigenvalue weighted by molar-refractivity contribution is 6.06. The molecule has 0 saturated carbocycles. The van der Waals surface area contributed by atoms with Crippen LogP contribution in [0.4, 0.5) is 0 Å². The van der Waals surface area contributed by atoms with Gasteiger partial charge in [-0.1, -0.05) is 5.16 Å². The molecule has 8 heteroatoms.